The number of carbonyl (C=O) groups is 1. The summed E-state index contributed by atoms with van der Waals surface area (Å²) in [7, 11) is 0. The predicted octanol–water partition coefficient (Wildman–Crippen LogP) is -2.01. The first kappa shape index (κ1) is 15.9. The van der Waals surface area contributed by atoms with E-state index in [-0.39, 0.29) is 40.5 Å². The molecule has 1 N–H and O–H groups in total. The van der Waals surface area contributed by atoms with Crippen molar-refractivity contribution in [1.82, 2.24) is 0 Å². The van der Waals surface area contributed by atoms with Gasteiger partial charge in [0.15, 0.2) is 0 Å². The molecule has 0 saturated carbocycles. The van der Waals surface area contributed by atoms with Gasteiger partial charge in [0.2, 0.25) is 0 Å². The van der Waals surface area contributed by atoms with Crippen molar-refractivity contribution in [3.63, 3.8) is 0 Å². The van der Waals surface area contributed by atoms with Crippen molar-refractivity contribution in [2.24, 2.45) is 0 Å². The second kappa shape index (κ2) is 9.19. The summed E-state index contributed by atoms with van der Waals surface area (Å²) in [6.45, 7) is 1.08. The van der Waals surface area contributed by atoms with Gasteiger partial charge in [-0.3, -0.25) is 4.79 Å². The Morgan fingerprint density at radius 2 is 1.67 bits per heavy atom. The fourth-order valence-electron chi connectivity index (χ4n) is 0. The number of hydrogen-bond acceptors (Lipinski definition) is 1. The number of carboxylic acid groups (broad SMARTS) is 1. The van der Waals surface area contributed by atoms with Crippen LogP contribution in [0.2, 0.25) is 0 Å². The average molecular weight is 116 g/mol. The third-order valence-corrected chi connectivity index (χ3v) is 0. The van der Waals surface area contributed by atoms with Crippen molar-refractivity contribution in [2.75, 3.05) is 0 Å². The average Bonchev–Trinajstić information content (AvgIpc) is 0.811. The van der Waals surface area contributed by atoms with Crippen LogP contribution in [0.5, 0.6) is 0 Å². The first-order chi connectivity index (χ1) is 1.73. The number of rotatable bonds is 0. The molecule has 0 aromatic rings. The van der Waals surface area contributed by atoms with Crippen molar-refractivity contribution >= 4 is 46.5 Å². The Morgan fingerprint density at radius 1 is 1.67 bits per heavy atom. The van der Waals surface area contributed by atoms with E-state index in [1.807, 2.05) is 0 Å². The second-order valence-electron chi connectivity index (χ2n) is 0.519. The van der Waals surface area contributed by atoms with Crippen LogP contribution in [0, 0.1) is 0 Å². The van der Waals surface area contributed by atoms with E-state index in [4.69, 9.17) is 9.90 Å². The van der Waals surface area contributed by atoms with E-state index in [2.05, 4.69) is 0 Å². The molecule has 0 bridgehead atoms. The van der Waals surface area contributed by atoms with Crippen LogP contribution in [0.25, 0.3) is 0 Å². The van der Waals surface area contributed by atoms with Gasteiger partial charge in [-0.2, -0.15) is 0 Å². The van der Waals surface area contributed by atoms with Crippen molar-refractivity contribution in [3.8, 4) is 0 Å². The van der Waals surface area contributed by atoms with Crippen LogP contribution in [0.4, 0.5) is 0 Å². The van der Waals surface area contributed by atoms with Gasteiger partial charge in [0.05, 0.1) is 0 Å². The van der Waals surface area contributed by atoms with Crippen LogP contribution < -0.4 is 0 Å². The summed E-state index contributed by atoms with van der Waals surface area (Å²) >= 11 is 0. The zero-order chi connectivity index (χ0) is 3.58. The molecule has 0 aromatic carbocycles. The molecule has 0 rings (SSSR count). The zero-order valence-corrected chi connectivity index (χ0v) is 2.36. The molecular weight excluding hydrogens is 107 g/mol. The van der Waals surface area contributed by atoms with Crippen molar-refractivity contribution in [1.29, 1.82) is 0 Å². The molecule has 0 spiro atoms. The first-order valence-corrected chi connectivity index (χ1v) is 0.928. The third kappa shape index (κ3) is 135. The van der Waals surface area contributed by atoms with E-state index in [1.54, 1.807) is 0 Å². The van der Waals surface area contributed by atoms with E-state index in [0.717, 1.165) is 6.92 Å². The molecule has 0 aliphatic heterocycles. The summed E-state index contributed by atoms with van der Waals surface area (Å²) in [4.78, 5) is 9.00. The Bertz CT molecular complexity index is 34.5. The van der Waals surface area contributed by atoms with E-state index in [1.165, 1.54) is 0 Å². The minimum absolute atomic E-state index is 0. The number of hydrogen-bond donors (Lipinski definition) is 1. The Balaban J connectivity index is -0.0000000450. The monoisotopic (exact) mass is 116 g/mol. The molecule has 0 saturated heterocycles. The predicted molar refractivity (Wildman–Crippen MR) is 31.8 cm³/mol. The molecule has 0 fully saturated rings. The van der Waals surface area contributed by atoms with E-state index in [0.29, 0.717) is 0 Å². The normalized spacial score (nSPS) is 4.17. The Labute approximate surface area is 63.2 Å². The SMILES string of the molecule is CC(=O)O.[NaH].[SiH4]. The van der Waals surface area contributed by atoms with Crippen LogP contribution in [-0.2, 0) is 4.79 Å². The Kier molecular flexibility index (Phi) is 24.4. The molecule has 0 radical (unpaired) electrons. The van der Waals surface area contributed by atoms with E-state index in [9.17, 15) is 0 Å². The summed E-state index contributed by atoms with van der Waals surface area (Å²) in [6, 6.07) is 0. The quantitative estimate of drug-likeness (QED) is 0.371. The summed E-state index contributed by atoms with van der Waals surface area (Å²) < 4.78 is 0. The van der Waals surface area contributed by atoms with Gasteiger partial charge < -0.3 is 5.11 Å². The van der Waals surface area contributed by atoms with Gasteiger partial charge in [0, 0.05) is 6.92 Å². The van der Waals surface area contributed by atoms with Crippen LogP contribution in [-0.4, -0.2) is 51.6 Å². The largest absolute Gasteiger partial charge is 0.0149 e. The maximum Gasteiger partial charge on any atom is -0.0149 e. The fourth-order valence-corrected chi connectivity index (χ4v) is 0. The molecule has 0 aliphatic carbocycles. The standard InChI is InChI=1S/C2H4O2.Na.H4Si.H/c1-2(3)4;;;/h1H3,(H,3,4);;1H4;. The van der Waals surface area contributed by atoms with Crippen molar-refractivity contribution < 1.29 is 9.90 Å². The molecule has 0 aromatic heterocycles. The van der Waals surface area contributed by atoms with E-state index < -0.39 is 5.97 Å². The van der Waals surface area contributed by atoms with Gasteiger partial charge in [0.25, 0.3) is 5.97 Å². The molecule has 0 amide bonds. The van der Waals surface area contributed by atoms with Gasteiger partial charge >= 0.3 is 29.6 Å². The molecule has 0 heterocycles. The molecular formula is C2H9NaO2Si. The molecule has 6 heavy (non-hydrogen) atoms. The summed E-state index contributed by atoms with van der Waals surface area (Å²) in [5.41, 5.74) is 0. The maximum absolute atomic E-state index is 9.00. The van der Waals surface area contributed by atoms with Crippen molar-refractivity contribution in [2.45, 2.75) is 6.92 Å². The van der Waals surface area contributed by atoms with Crippen molar-refractivity contribution in [3.05, 3.63) is 0 Å². The zero-order valence-electron chi connectivity index (χ0n) is 2.36. The summed E-state index contributed by atoms with van der Waals surface area (Å²) in [5, 5.41) is 7.42. The maximum atomic E-state index is 9.00. The topological polar surface area (TPSA) is 37.3 Å². The van der Waals surface area contributed by atoms with E-state index >= 15 is 0 Å². The summed E-state index contributed by atoms with van der Waals surface area (Å²) in [6.07, 6.45) is 0. The van der Waals surface area contributed by atoms with Gasteiger partial charge in [-0.25, -0.2) is 0 Å². The second-order valence-corrected chi connectivity index (χ2v) is 0.519. The Hall–Kier alpha value is 0.687. The van der Waals surface area contributed by atoms with Crippen LogP contribution in [0.15, 0.2) is 0 Å². The fraction of sp³-hybridized carbons (Fsp3) is 0.500. The van der Waals surface area contributed by atoms with Crippen LogP contribution in [0.1, 0.15) is 6.92 Å². The third-order valence-electron chi connectivity index (χ3n) is 0. The van der Waals surface area contributed by atoms with Gasteiger partial charge in [-0.15, -0.1) is 0 Å². The minimum Gasteiger partial charge on any atom is -0.0149 e. The minimum atomic E-state index is -0.833. The van der Waals surface area contributed by atoms with Gasteiger partial charge in [0.1, 0.15) is 0 Å². The molecule has 4 heteroatoms. The van der Waals surface area contributed by atoms with Crippen LogP contribution >= 0.6 is 0 Å². The number of carboxylic acids is 1. The van der Waals surface area contributed by atoms with Gasteiger partial charge in [-0.05, 0) is 11.0 Å². The number of aliphatic carboxylic acids is 1. The molecule has 0 unspecified atom stereocenters. The molecule has 0 aliphatic rings. The molecule has 2 nitrogen and oxygen atoms in total. The first-order valence-electron chi connectivity index (χ1n) is 0.928. The van der Waals surface area contributed by atoms with Gasteiger partial charge in [-0.1, -0.05) is 0 Å². The summed E-state index contributed by atoms with van der Waals surface area (Å²) in [5.74, 6) is -0.833. The molecule has 0 atom stereocenters. The van der Waals surface area contributed by atoms with Crippen LogP contribution in [0.3, 0.4) is 0 Å². The Morgan fingerprint density at radius 3 is 1.67 bits per heavy atom. The molecule has 34 valence electrons. The smallest absolute Gasteiger partial charge is 0.0149 e.